The molecule has 32 nitrogen and oxygen atoms in total. The smallest absolute Gasteiger partial charge is 0.461 e. The van der Waals surface area contributed by atoms with Crippen molar-refractivity contribution >= 4 is 55.8 Å². The Bertz CT molecular complexity index is 3890. The number of nitrogens with two attached hydrogens (primary N) is 2. The summed E-state index contributed by atoms with van der Waals surface area (Å²) in [6, 6.07) is 29.4. The predicted octanol–water partition coefficient (Wildman–Crippen LogP) is 4.39. The number of nitrogen functional groups attached to an aromatic ring is 2. The lowest BCUT2D eigenvalue weighted by Crippen LogP contribution is -2.41. The summed E-state index contributed by atoms with van der Waals surface area (Å²) < 4.78 is 89.6. The minimum atomic E-state index is -4.29. The first-order valence-corrected chi connectivity index (χ1v) is 31.3. The van der Waals surface area contributed by atoms with Crippen molar-refractivity contribution in [2.45, 2.75) is 124 Å². The number of aliphatic hydroxyl groups is 5. The number of nitriles is 2. The summed E-state index contributed by atoms with van der Waals surface area (Å²) >= 11 is 0. The Kier molecular flexibility index (Phi) is 22.1. The number of para-hydroxylation sites is 2. The molecule has 490 valence electrons. The van der Waals surface area contributed by atoms with E-state index in [9.17, 15) is 69.3 Å². The molecule has 4 fully saturated rings. The fourth-order valence-electron chi connectivity index (χ4n) is 9.54. The summed E-state index contributed by atoms with van der Waals surface area (Å²) in [7, 11) is -9.36. The van der Waals surface area contributed by atoms with Crippen LogP contribution in [-0.4, -0.2) is 153 Å². The highest BCUT2D eigenvalue weighted by molar-refractivity contribution is 7.52. The van der Waals surface area contributed by atoms with Crippen LogP contribution < -0.4 is 35.2 Å². The van der Waals surface area contributed by atoms with Gasteiger partial charge in [0.15, 0.2) is 11.6 Å². The van der Waals surface area contributed by atoms with Crippen molar-refractivity contribution in [2.75, 3.05) is 31.8 Å². The molecule has 2 aliphatic carbocycles. The molecule has 6 heterocycles. The zero-order valence-electron chi connectivity index (χ0n) is 50.1. The van der Waals surface area contributed by atoms with Gasteiger partial charge in [0.05, 0.1) is 38.0 Å². The monoisotopic (exact) mass is 1320 g/mol. The minimum Gasteiger partial charge on any atom is -0.461 e. The van der Waals surface area contributed by atoms with Gasteiger partial charge in [-0.15, -0.1) is 0 Å². The van der Waals surface area contributed by atoms with Crippen LogP contribution in [0.2, 0.25) is 0 Å². The number of fused-ring (bicyclic) bond motifs is 2. The number of nitro groups is 1. The molecule has 4 aromatic heterocycles. The van der Waals surface area contributed by atoms with E-state index in [0.29, 0.717) is 11.0 Å². The largest absolute Gasteiger partial charge is 0.513 e. The second kappa shape index (κ2) is 30.1. The van der Waals surface area contributed by atoms with Crippen LogP contribution in [0.15, 0.2) is 122 Å². The number of benzene rings is 3. The number of halogens is 1. The van der Waals surface area contributed by atoms with Crippen LogP contribution >= 0.6 is 15.5 Å². The molecule has 2 saturated heterocycles. The Labute approximate surface area is 525 Å². The molecule has 0 bridgehead atoms. The van der Waals surface area contributed by atoms with Gasteiger partial charge in [-0.1, -0.05) is 36.4 Å². The average Bonchev–Trinajstić information content (AvgIpc) is 1.60. The van der Waals surface area contributed by atoms with Crippen LogP contribution in [-0.2, 0) is 53.4 Å². The number of aromatic nitrogens is 6. The van der Waals surface area contributed by atoms with Crippen molar-refractivity contribution in [3.63, 3.8) is 0 Å². The number of rotatable bonds is 21. The third-order valence-electron chi connectivity index (χ3n) is 14.9. The minimum absolute atomic E-state index is 0.0851. The normalized spacial score (nSPS) is 24.6. The molecule has 2 unspecified atom stereocenters. The van der Waals surface area contributed by atoms with Crippen molar-refractivity contribution in [3.8, 4) is 29.4 Å². The highest BCUT2D eigenvalue weighted by Gasteiger charge is 2.59. The molecule has 11 N–H and O–H groups in total. The highest BCUT2D eigenvalue weighted by atomic mass is 31.2. The Morgan fingerprint density at radius 2 is 1.12 bits per heavy atom. The van der Waals surface area contributed by atoms with Gasteiger partial charge < -0.3 is 69.5 Å². The number of hydrogen-bond donors (Lipinski definition) is 9. The van der Waals surface area contributed by atoms with Gasteiger partial charge in [0.2, 0.25) is 11.2 Å². The number of carbonyl (C=O) groups excluding carboxylic acids is 2. The van der Waals surface area contributed by atoms with Crippen LogP contribution in [0.25, 0.3) is 11.0 Å². The molecule has 0 spiro atoms. The van der Waals surface area contributed by atoms with Gasteiger partial charge in [0, 0.05) is 12.1 Å². The summed E-state index contributed by atoms with van der Waals surface area (Å²) in [4.78, 5) is 42.8. The summed E-state index contributed by atoms with van der Waals surface area (Å²) in [5, 5.41) is 94.7. The topological polar surface area (TPSA) is 470 Å². The number of non-ortho nitro benzene ring substituents is 1. The molecular formula is C57H66FN13O19P2. The second-order valence-corrected chi connectivity index (χ2v) is 24.3. The maximum atomic E-state index is 13.8. The molecular weight excluding hydrogens is 1250 g/mol. The van der Waals surface area contributed by atoms with Gasteiger partial charge in [-0.25, -0.2) is 28.1 Å². The molecule has 7 aromatic rings. The number of hydrogen-bond acceptors (Lipinski definition) is 27. The van der Waals surface area contributed by atoms with Gasteiger partial charge in [-0.05, 0) is 113 Å². The number of nitro benzene ring substituents is 1. The fraction of sp³-hybridized carbons (Fsp3) is 0.404. The lowest BCUT2D eigenvalue weighted by molar-refractivity contribution is -0.384. The number of esters is 2. The first-order valence-electron chi connectivity index (χ1n) is 29.0. The lowest BCUT2D eigenvalue weighted by Gasteiger charge is -2.28. The standard InChI is InChI=1S/C25H29N6O8P.C19H21N2O7P.C12H13N5O4.CH3F/c1-15(24(34)37-16-8-5-9-16)30-40(35,39-17-6-3-2-4-7-17)36-12-19-21(32)22(33)25(13-26,38-19)20-11-10-18-23(27)28-14-29-31(18)20;1-14(19(22)26-16-8-5-9-16)20-29(25,27-17-6-3-2-4-7-17)28-18-12-10-15(11-13-18)21(23)24;13-4-12(10(20)9(19)7(3-18)21-12)8-2-1-6-11(14)15-5-16-17(6)8;1-2/h2-4,6-7,10-11,14-16,19,21-22,32-33H,5,8-9,12H2,1H3,(H,30,35)(H2,27,28,29);2-4,6-7,10-14,16H,5,8-9H2,1H3,(H,20,25);1-2,5,7,9-10,18-20H,3H2,(H2,14,15,16);1H3/t15-,19+,21+,22+,25-,40?;14-,29?;7-,9-,10-,12+;/m001./s1/i;;;1D. The van der Waals surface area contributed by atoms with E-state index in [2.05, 4.69) is 30.3 Å². The number of carbonyl (C=O) groups is 2. The van der Waals surface area contributed by atoms with Crippen LogP contribution in [0.3, 0.4) is 0 Å². The van der Waals surface area contributed by atoms with Crippen LogP contribution in [0.5, 0.6) is 17.2 Å². The first-order chi connectivity index (χ1) is 44.5. The van der Waals surface area contributed by atoms with Gasteiger partial charge in [-0.2, -0.15) is 30.9 Å². The van der Waals surface area contributed by atoms with Gasteiger partial charge >= 0.3 is 27.4 Å². The SMILES string of the molecule is C[C@H](NP(=O)(OC[C@H]1O[C@@](C#N)(c2ccc3c(N)ncnn23)[C@H](O)[C@@H]1O)Oc1ccccc1)C(=O)OC1CCC1.C[C@H](NP(=O)(Oc1ccccc1)Oc1ccc([N+](=O)[O-])cc1)C(=O)OC1CCC1.N#C[C@@]1(c2ccc3c(N)ncnn23)O[C@H](CO)[C@@H](O)[C@H]1O.[2H]CF. The number of ether oxygens (including phenoxy) is 4. The number of nitrogens with one attached hydrogen (secondary N) is 2. The van der Waals surface area contributed by atoms with Crippen molar-refractivity contribution in [1.29, 1.82) is 10.5 Å². The summed E-state index contributed by atoms with van der Waals surface area (Å²) in [6.07, 6.45) is -1.45. The summed E-state index contributed by atoms with van der Waals surface area (Å²) in [6.45, 7) is 1.86. The van der Waals surface area contributed by atoms with E-state index in [1.54, 1.807) is 72.8 Å². The van der Waals surface area contributed by atoms with Crippen LogP contribution in [0.4, 0.5) is 21.7 Å². The lowest BCUT2D eigenvalue weighted by atomic mass is 9.92. The van der Waals surface area contributed by atoms with Crippen molar-refractivity contribution in [1.82, 2.24) is 39.4 Å². The molecule has 92 heavy (non-hydrogen) atoms. The first kappa shape index (κ1) is 67.6. The quantitative estimate of drug-likeness (QED) is 0.0208. The summed E-state index contributed by atoms with van der Waals surface area (Å²) in [5.74, 6) is -0.296. The Hall–Kier alpha value is -8.79. The Morgan fingerprint density at radius 1 is 0.717 bits per heavy atom. The number of aliphatic hydroxyl groups excluding tert-OH is 5. The Morgan fingerprint density at radius 3 is 1.51 bits per heavy atom. The van der Waals surface area contributed by atoms with E-state index in [1.165, 1.54) is 71.9 Å². The van der Waals surface area contributed by atoms with Gasteiger partial charge in [0.1, 0.15) is 114 Å². The molecule has 0 amide bonds. The average molecular weight is 1320 g/mol. The zero-order valence-corrected chi connectivity index (χ0v) is 50.9. The maximum absolute atomic E-state index is 13.8. The van der Waals surface area contributed by atoms with Crippen LogP contribution in [0, 0.1) is 32.8 Å². The van der Waals surface area contributed by atoms with E-state index in [-0.39, 0.29) is 58.2 Å². The molecule has 0 radical (unpaired) electrons. The van der Waals surface area contributed by atoms with E-state index in [1.807, 2.05) is 12.1 Å². The van der Waals surface area contributed by atoms with Crippen molar-refractivity contribution in [3.05, 3.63) is 143 Å². The highest BCUT2D eigenvalue weighted by Crippen LogP contribution is 2.49. The number of nitrogens with zero attached hydrogens (tertiary/aromatic N) is 9. The van der Waals surface area contributed by atoms with E-state index in [0.717, 1.165) is 38.5 Å². The predicted molar refractivity (Wildman–Crippen MR) is 319 cm³/mol. The van der Waals surface area contributed by atoms with E-state index < -0.39 is 113 Å². The van der Waals surface area contributed by atoms with Gasteiger partial charge in [-0.3, -0.25) is 28.6 Å². The fourth-order valence-corrected chi connectivity index (χ4v) is 12.6. The second-order valence-electron chi connectivity index (χ2n) is 21.0. The Balaban J connectivity index is 0.000000184. The molecule has 35 heteroatoms. The van der Waals surface area contributed by atoms with E-state index in [4.69, 9.17) is 49.9 Å². The molecule has 11 rings (SSSR count). The summed E-state index contributed by atoms with van der Waals surface area (Å²) in [5.41, 5.74) is 8.67. The molecule has 4 aliphatic rings. The van der Waals surface area contributed by atoms with E-state index >= 15 is 0 Å². The maximum Gasteiger partial charge on any atom is 0.513 e. The number of anilines is 2. The molecule has 2 saturated carbocycles. The zero-order chi connectivity index (χ0) is 67.3. The number of alkyl halides is 1. The van der Waals surface area contributed by atoms with Crippen LogP contribution in [0.1, 0.15) is 65.1 Å². The molecule has 12 atom stereocenters. The molecule has 2 aliphatic heterocycles. The van der Waals surface area contributed by atoms with Gasteiger partial charge in [0.25, 0.3) is 5.69 Å². The third kappa shape index (κ3) is 15.4. The molecule has 3 aromatic carbocycles. The third-order valence-corrected chi connectivity index (χ3v) is 18.1. The van der Waals surface area contributed by atoms with Crippen molar-refractivity contribution in [2.24, 2.45) is 0 Å². The van der Waals surface area contributed by atoms with Crippen molar-refractivity contribution < 1.29 is 92.0 Å².